The molecule has 3 unspecified atom stereocenters. The SMILES string of the molecule is C[C@@H]1O[C@@H](O)[C@H](O)[C@H](O)[C@H]1O.O=C(O)[C@H]1OC(O)[C@H](O)[C@@H](O)[C@H]1O.OC1OC[C@H](O)[C@H](O)[C@H]1O.OC[C@H]1OC(O)[C@H](O)[C@@H](O)[C@H]1O. The number of aliphatic hydroxyl groups excluding tert-OH is 17. The Balaban J connectivity index is 0.000000308. The van der Waals surface area contributed by atoms with Crippen molar-refractivity contribution in [2.24, 2.45) is 0 Å². The Kier molecular flexibility index (Phi) is 17.6. The molecule has 0 aromatic carbocycles. The van der Waals surface area contributed by atoms with Gasteiger partial charge < -0.3 is 111 Å². The molecule has 23 nitrogen and oxygen atoms in total. The number of hydrogen-bond acceptors (Lipinski definition) is 22. The van der Waals surface area contributed by atoms with E-state index in [1.165, 1.54) is 6.92 Å². The Hall–Kier alpha value is -1.37. The molecule has 4 saturated heterocycles. The average Bonchev–Trinajstić information content (AvgIpc) is 3.02. The lowest BCUT2D eigenvalue weighted by molar-refractivity contribution is -0.286. The smallest absolute Gasteiger partial charge is 0.335 e. The lowest BCUT2D eigenvalue weighted by Crippen LogP contribution is -2.59. The van der Waals surface area contributed by atoms with Gasteiger partial charge in [-0.2, -0.15) is 0 Å². The maximum Gasteiger partial charge on any atom is 0.335 e. The first kappa shape index (κ1) is 42.7. The number of rotatable bonds is 2. The highest BCUT2D eigenvalue weighted by atomic mass is 16.7. The van der Waals surface area contributed by atoms with Crippen molar-refractivity contribution in [3.63, 3.8) is 0 Å². The van der Waals surface area contributed by atoms with Gasteiger partial charge >= 0.3 is 5.97 Å². The largest absolute Gasteiger partial charge is 0.479 e. The Morgan fingerprint density at radius 2 is 0.935 bits per heavy atom. The van der Waals surface area contributed by atoms with E-state index in [0.29, 0.717) is 0 Å². The molecule has 0 aromatic heterocycles. The van der Waals surface area contributed by atoms with Crippen molar-refractivity contribution in [3.05, 3.63) is 0 Å². The summed E-state index contributed by atoms with van der Waals surface area (Å²) < 4.78 is 18.1. The van der Waals surface area contributed by atoms with Crippen LogP contribution < -0.4 is 0 Å². The van der Waals surface area contributed by atoms with E-state index in [0.717, 1.165) is 0 Å². The van der Waals surface area contributed by atoms with Gasteiger partial charge in [-0.05, 0) is 6.92 Å². The molecule has 46 heavy (non-hydrogen) atoms. The van der Waals surface area contributed by atoms with Crippen LogP contribution in [0.5, 0.6) is 0 Å². The number of carbonyl (C=O) groups is 1. The normalized spacial score (nSPS) is 49.1. The van der Waals surface area contributed by atoms with Gasteiger partial charge in [0.1, 0.15) is 79.4 Å². The molecular weight excluding hydrogens is 644 g/mol. The molecule has 4 heterocycles. The van der Waals surface area contributed by atoms with E-state index >= 15 is 0 Å². The molecule has 0 bridgehead atoms. The molecule has 0 aliphatic carbocycles. The number of ether oxygens (including phenoxy) is 4. The number of aliphatic carboxylic acids is 1. The lowest BCUT2D eigenvalue weighted by Gasteiger charge is -2.37. The molecule has 4 rings (SSSR count). The first-order chi connectivity index (χ1) is 21.2. The van der Waals surface area contributed by atoms with Gasteiger partial charge in [0, 0.05) is 0 Å². The van der Waals surface area contributed by atoms with Crippen LogP contribution in [0.3, 0.4) is 0 Å². The Bertz CT molecular complexity index is 852. The zero-order valence-corrected chi connectivity index (χ0v) is 24.0. The minimum absolute atomic E-state index is 0.153. The summed E-state index contributed by atoms with van der Waals surface area (Å²) in [5, 5.41) is 160. The third-order valence-corrected chi connectivity index (χ3v) is 7.00. The third kappa shape index (κ3) is 11.1. The molecule has 4 fully saturated rings. The second kappa shape index (κ2) is 19.0. The van der Waals surface area contributed by atoms with Gasteiger partial charge in [-0.15, -0.1) is 0 Å². The van der Waals surface area contributed by atoms with Gasteiger partial charge in [-0.3, -0.25) is 0 Å². The number of hydrogen-bond donors (Lipinski definition) is 18. The fourth-order valence-corrected chi connectivity index (χ4v) is 3.97. The molecule has 0 radical (unpaired) electrons. The van der Waals surface area contributed by atoms with Crippen molar-refractivity contribution >= 4 is 5.97 Å². The highest BCUT2D eigenvalue weighted by Crippen LogP contribution is 2.21. The molecule has 0 saturated carbocycles. The highest BCUT2D eigenvalue weighted by Gasteiger charge is 2.46. The van der Waals surface area contributed by atoms with Gasteiger partial charge in [0.15, 0.2) is 31.3 Å². The second-order valence-corrected chi connectivity index (χ2v) is 10.5. The van der Waals surface area contributed by atoms with E-state index in [1.807, 2.05) is 0 Å². The standard InChI is InChI=1S/C6H10O7.C6H12O6.C6H12O5.C5H10O5/c7-1-2(8)4(5(10)11)13-6(12)3(1)9;7-1-2-3(8)4(9)5(10)6(11)12-2;1-2-3(7)4(8)5(9)6(10)11-2;6-2-1-10-5(9)4(8)3(2)7/h1-4,6-9,12H,(H,10,11);2-11H,1H2;2-10H,1H3;2-9H,1H2/t1-,2+,3+,4-,6?;2-,3+,4+,5-,6?;2-,3-,4+,5+,6+;2-,3-,4+,5?/m0100/s1. The van der Waals surface area contributed by atoms with E-state index in [2.05, 4.69) is 18.9 Å². The van der Waals surface area contributed by atoms with Gasteiger partial charge in [-0.25, -0.2) is 4.79 Å². The van der Waals surface area contributed by atoms with Crippen molar-refractivity contribution in [1.82, 2.24) is 0 Å². The molecule has 0 aromatic rings. The topological polar surface area (TPSA) is 418 Å². The summed E-state index contributed by atoms with van der Waals surface area (Å²) in [6.07, 6.45) is -27.0. The molecule has 0 spiro atoms. The average molecular weight is 689 g/mol. The van der Waals surface area contributed by atoms with Crippen LogP contribution in [0, 0.1) is 0 Å². The number of carboxylic acids is 1. The first-order valence-corrected chi connectivity index (χ1v) is 13.5. The number of aliphatic hydroxyl groups is 17. The van der Waals surface area contributed by atoms with Crippen LogP contribution in [-0.4, -0.2) is 228 Å². The molecule has 0 amide bonds. The predicted octanol–water partition coefficient (Wildman–Crippen LogP) is -11.1. The van der Waals surface area contributed by atoms with Crippen LogP contribution >= 0.6 is 0 Å². The summed E-state index contributed by atoms with van der Waals surface area (Å²) in [7, 11) is 0. The van der Waals surface area contributed by atoms with Crippen LogP contribution in [0.1, 0.15) is 6.92 Å². The summed E-state index contributed by atoms with van der Waals surface area (Å²) in [6.45, 7) is 0.824. The maximum absolute atomic E-state index is 10.4. The van der Waals surface area contributed by atoms with E-state index in [-0.39, 0.29) is 6.61 Å². The third-order valence-electron chi connectivity index (χ3n) is 7.00. The first-order valence-electron chi connectivity index (χ1n) is 13.5. The summed E-state index contributed by atoms with van der Waals surface area (Å²) in [5.41, 5.74) is 0. The second-order valence-electron chi connectivity index (χ2n) is 10.5. The molecule has 4 aliphatic rings. The molecule has 4 aliphatic heterocycles. The predicted molar refractivity (Wildman–Crippen MR) is 137 cm³/mol. The minimum atomic E-state index is -1.81. The number of carboxylic acid groups (broad SMARTS) is 1. The van der Waals surface area contributed by atoms with Gasteiger partial charge in [0.05, 0.1) is 19.3 Å². The van der Waals surface area contributed by atoms with Crippen molar-refractivity contribution in [2.45, 2.75) is 124 Å². The van der Waals surface area contributed by atoms with Crippen LogP contribution in [-0.2, 0) is 23.7 Å². The van der Waals surface area contributed by atoms with Gasteiger partial charge in [0.25, 0.3) is 0 Å². The van der Waals surface area contributed by atoms with E-state index in [1.54, 1.807) is 0 Å². The van der Waals surface area contributed by atoms with Crippen LogP contribution in [0.15, 0.2) is 0 Å². The molecule has 274 valence electrons. The minimum Gasteiger partial charge on any atom is -0.479 e. The Labute approximate surface area is 259 Å². The van der Waals surface area contributed by atoms with E-state index in [9.17, 15) is 4.79 Å². The monoisotopic (exact) mass is 688 g/mol. The van der Waals surface area contributed by atoms with Crippen molar-refractivity contribution < 1.29 is 116 Å². The zero-order chi connectivity index (χ0) is 35.8. The molecule has 18 N–H and O–H groups in total. The van der Waals surface area contributed by atoms with Crippen molar-refractivity contribution in [2.75, 3.05) is 13.2 Å². The highest BCUT2D eigenvalue weighted by molar-refractivity contribution is 5.73. The zero-order valence-electron chi connectivity index (χ0n) is 24.0. The lowest BCUT2D eigenvalue weighted by atomic mass is 9.99. The summed E-state index contributed by atoms with van der Waals surface area (Å²) in [5.74, 6) is -1.52. The van der Waals surface area contributed by atoms with E-state index < -0.39 is 129 Å². The fourth-order valence-electron chi connectivity index (χ4n) is 3.97. The van der Waals surface area contributed by atoms with Crippen LogP contribution in [0.25, 0.3) is 0 Å². The van der Waals surface area contributed by atoms with Crippen LogP contribution in [0.4, 0.5) is 0 Å². The van der Waals surface area contributed by atoms with E-state index in [4.69, 9.17) is 91.9 Å². The maximum atomic E-state index is 10.4. The van der Waals surface area contributed by atoms with Crippen LogP contribution in [0.2, 0.25) is 0 Å². The quantitative estimate of drug-likeness (QED) is 0.128. The summed E-state index contributed by atoms with van der Waals surface area (Å²) >= 11 is 0. The molecule has 23 heteroatoms. The molecule has 19 atom stereocenters. The fraction of sp³-hybridized carbons (Fsp3) is 0.957. The van der Waals surface area contributed by atoms with Crippen molar-refractivity contribution in [3.8, 4) is 0 Å². The van der Waals surface area contributed by atoms with Gasteiger partial charge in [0.2, 0.25) is 0 Å². The molecular formula is C23H44O23. The summed E-state index contributed by atoms with van der Waals surface area (Å²) in [6, 6.07) is 0. The van der Waals surface area contributed by atoms with Crippen molar-refractivity contribution in [1.29, 1.82) is 0 Å². The summed E-state index contributed by atoms with van der Waals surface area (Å²) in [4.78, 5) is 10.4. The van der Waals surface area contributed by atoms with Gasteiger partial charge in [-0.1, -0.05) is 0 Å². The Morgan fingerprint density at radius 1 is 0.522 bits per heavy atom. The Morgan fingerprint density at radius 3 is 1.39 bits per heavy atom.